The molecule has 34 heavy (non-hydrogen) atoms. The molecule has 2 aromatic rings. The molecule has 0 aromatic heterocycles. The molecule has 3 amide bonds. The van der Waals surface area contributed by atoms with Crippen molar-refractivity contribution in [2.24, 2.45) is 0 Å². The van der Waals surface area contributed by atoms with Gasteiger partial charge in [-0.15, -0.1) is 0 Å². The number of benzene rings is 2. The van der Waals surface area contributed by atoms with E-state index in [1.54, 1.807) is 18.2 Å². The van der Waals surface area contributed by atoms with E-state index in [1.807, 2.05) is 0 Å². The molecule has 0 spiro atoms. The lowest BCUT2D eigenvalue weighted by atomic mass is 9.93. The topological polar surface area (TPSA) is 66.5 Å². The highest BCUT2D eigenvalue weighted by Crippen LogP contribution is 2.40. The predicted octanol–water partition coefficient (Wildman–Crippen LogP) is 7.08. The van der Waals surface area contributed by atoms with Gasteiger partial charge in [0.2, 0.25) is 5.91 Å². The molecule has 2 aromatic carbocycles. The summed E-state index contributed by atoms with van der Waals surface area (Å²) in [4.78, 5) is 39.8. The first-order valence-corrected chi connectivity index (χ1v) is 11.7. The summed E-state index contributed by atoms with van der Waals surface area (Å²) in [5, 5.41) is 2.20. The molecular formula is C26H29F3N2O3. The number of ketones is 1. The monoisotopic (exact) mass is 474 g/mol. The lowest BCUT2D eigenvalue weighted by Crippen LogP contribution is -2.40. The Kier molecular flexibility index (Phi) is 8.47. The van der Waals surface area contributed by atoms with Crippen molar-refractivity contribution in [3.63, 3.8) is 0 Å². The van der Waals surface area contributed by atoms with E-state index in [2.05, 4.69) is 12.2 Å². The van der Waals surface area contributed by atoms with E-state index < -0.39 is 35.3 Å². The third kappa shape index (κ3) is 5.85. The molecule has 1 unspecified atom stereocenters. The van der Waals surface area contributed by atoms with Gasteiger partial charge in [0.05, 0.1) is 16.9 Å². The highest BCUT2D eigenvalue weighted by molar-refractivity contribution is 6.29. The first-order chi connectivity index (χ1) is 16.3. The summed E-state index contributed by atoms with van der Waals surface area (Å²) in [5.74, 6) is -2.15. The maximum absolute atomic E-state index is 13.3. The molecule has 1 heterocycles. The van der Waals surface area contributed by atoms with Crippen LogP contribution in [0.5, 0.6) is 0 Å². The molecule has 1 aliphatic rings. The number of amides is 3. The van der Waals surface area contributed by atoms with Crippen molar-refractivity contribution < 1.29 is 27.6 Å². The zero-order valence-electron chi connectivity index (χ0n) is 19.2. The second-order valence-corrected chi connectivity index (χ2v) is 8.48. The summed E-state index contributed by atoms with van der Waals surface area (Å²) in [6.07, 6.45) is 2.73. The smallest absolute Gasteiger partial charge is 0.307 e. The van der Waals surface area contributed by atoms with Crippen molar-refractivity contribution in [2.45, 2.75) is 70.4 Å². The number of hydrogen-bond donors (Lipinski definition) is 1. The number of Topliss-reactive ketones (excluding diaryl/α,β-unsaturated/α-hetero) is 1. The van der Waals surface area contributed by atoms with Crippen LogP contribution >= 0.6 is 0 Å². The van der Waals surface area contributed by atoms with Gasteiger partial charge in [-0.05, 0) is 30.2 Å². The molecule has 0 saturated carbocycles. The first-order valence-electron chi connectivity index (χ1n) is 11.7. The fourth-order valence-corrected chi connectivity index (χ4v) is 4.25. The number of fused-ring (bicyclic) bond motifs is 1. The normalized spacial score (nSPS) is 15.4. The molecule has 0 saturated heterocycles. The van der Waals surface area contributed by atoms with Crippen LogP contribution in [0, 0.1) is 0 Å². The van der Waals surface area contributed by atoms with Crippen molar-refractivity contribution in [3.8, 4) is 0 Å². The molecule has 0 bridgehead atoms. The predicted molar refractivity (Wildman–Crippen MR) is 125 cm³/mol. The Balaban J connectivity index is 1.72. The molecular weight excluding hydrogens is 445 g/mol. The SMILES string of the molecule is CCCCCCCCCC(=O)C1C(=O)N(C(=O)Nc2ccccc2C(F)(F)F)c2ccccc21. The zero-order valence-corrected chi connectivity index (χ0v) is 19.2. The fourth-order valence-electron chi connectivity index (χ4n) is 4.25. The van der Waals surface area contributed by atoms with Crippen LogP contribution in [-0.2, 0) is 15.8 Å². The van der Waals surface area contributed by atoms with E-state index in [4.69, 9.17) is 0 Å². The average Bonchev–Trinajstić information content (AvgIpc) is 3.09. The second kappa shape index (κ2) is 11.3. The molecule has 0 fully saturated rings. The van der Waals surface area contributed by atoms with Gasteiger partial charge in [-0.3, -0.25) is 9.59 Å². The maximum Gasteiger partial charge on any atom is 0.418 e. The number of unbranched alkanes of at least 4 members (excludes halogenated alkanes) is 6. The molecule has 1 aliphatic heterocycles. The van der Waals surface area contributed by atoms with Gasteiger partial charge in [0.15, 0.2) is 0 Å². The van der Waals surface area contributed by atoms with Crippen LogP contribution in [0.3, 0.4) is 0 Å². The summed E-state index contributed by atoms with van der Waals surface area (Å²) in [7, 11) is 0. The third-order valence-corrected chi connectivity index (χ3v) is 5.98. The van der Waals surface area contributed by atoms with Crippen LogP contribution < -0.4 is 10.2 Å². The summed E-state index contributed by atoms with van der Waals surface area (Å²) in [6, 6.07) is 9.92. The molecule has 3 rings (SSSR count). The summed E-state index contributed by atoms with van der Waals surface area (Å²) < 4.78 is 40.0. The van der Waals surface area contributed by atoms with Crippen molar-refractivity contribution in [2.75, 3.05) is 10.2 Å². The Labute approximate surface area is 197 Å². The number of imide groups is 1. The largest absolute Gasteiger partial charge is 0.418 e. The van der Waals surface area contributed by atoms with Gasteiger partial charge >= 0.3 is 12.2 Å². The van der Waals surface area contributed by atoms with E-state index in [1.165, 1.54) is 31.0 Å². The van der Waals surface area contributed by atoms with Gasteiger partial charge in [0.1, 0.15) is 11.7 Å². The van der Waals surface area contributed by atoms with Gasteiger partial charge in [0, 0.05) is 6.42 Å². The number of anilines is 2. The van der Waals surface area contributed by atoms with Gasteiger partial charge in [-0.25, -0.2) is 9.69 Å². The van der Waals surface area contributed by atoms with Gasteiger partial charge < -0.3 is 5.32 Å². The van der Waals surface area contributed by atoms with E-state index in [0.29, 0.717) is 12.0 Å². The van der Waals surface area contributed by atoms with Crippen molar-refractivity contribution in [1.29, 1.82) is 0 Å². The summed E-state index contributed by atoms with van der Waals surface area (Å²) in [6.45, 7) is 2.15. The van der Waals surface area contributed by atoms with Crippen LogP contribution in [0.25, 0.3) is 0 Å². The number of urea groups is 1. The molecule has 1 N–H and O–H groups in total. The second-order valence-electron chi connectivity index (χ2n) is 8.48. The lowest BCUT2D eigenvalue weighted by molar-refractivity contribution is -0.137. The Morgan fingerprint density at radius 1 is 0.912 bits per heavy atom. The maximum atomic E-state index is 13.3. The van der Waals surface area contributed by atoms with Crippen LogP contribution in [-0.4, -0.2) is 17.7 Å². The van der Waals surface area contributed by atoms with E-state index in [-0.39, 0.29) is 17.9 Å². The number of para-hydroxylation sites is 2. The Bertz CT molecular complexity index is 1040. The first kappa shape index (κ1) is 25.5. The highest BCUT2D eigenvalue weighted by Gasteiger charge is 2.44. The van der Waals surface area contributed by atoms with Crippen molar-refractivity contribution in [1.82, 2.24) is 0 Å². The number of carbonyl (C=O) groups excluding carboxylic acids is 3. The molecule has 5 nitrogen and oxygen atoms in total. The Hall–Kier alpha value is -3.16. The van der Waals surface area contributed by atoms with Crippen LogP contribution in [0.4, 0.5) is 29.3 Å². The van der Waals surface area contributed by atoms with Gasteiger partial charge in [-0.1, -0.05) is 75.8 Å². The number of halogens is 3. The Morgan fingerprint density at radius 2 is 1.53 bits per heavy atom. The average molecular weight is 475 g/mol. The lowest BCUT2D eigenvalue weighted by Gasteiger charge is -2.19. The van der Waals surface area contributed by atoms with Crippen LogP contribution in [0.1, 0.15) is 75.3 Å². The molecule has 182 valence electrons. The fraction of sp³-hybridized carbons (Fsp3) is 0.423. The van der Waals surface area contributed by atoms with Crippen LogP contribution in [0.2, 0.25) is 0 Å². The number of alkyl halides is 3. The number of nitrogens with zero attached hydrogens (tertiary/aromatic N) is 1. The minimum Gasteiger partial charge on any atom is -0.307 e. The van der Waals surface area contributed by atoms with Crippen LogP contribution in [0.15, 0.2) is 48.5 Å². The third-order valence-electron chi connectivity index (χ3n) is 5.98. The Morgan fingerprint density at radius 3 is 2.24 bits per heavy atom. The van der Waals surface area contributed by atoms with Gasteiger partial charge in [-0.2, -0.15) is 13.2 Å². The van der Waals surface area contributed by atoms with Gasteiger partial charge in [0.25, 0.3) is 0 Å². The minimum absolute atomic E-state index is 0.213. The number of nitrogens with one attached hydrogen (secondary N) is 1. The van der Waals surface area contributed by atoms with Crippen molar-refractivity contribution >= 4 is 29.1 Å². The number of hydrogen-bond acceptors (Lipinski definition) is 3. The number of carbonyl (C=O) groups is 3. The summed E-state index contributed by atoms with van der Waals surface area (Å²) in [5.41, 5.74) is -0.856. The zero-order chi connectivity index (χ0) is 24.7. The van der Waals surface area contributed by atoms with E-state index in [0.717, 1.165) is 42.7 Å². The molecule has 1 atom stereocenters. The molecule has 0 radical (unpaired) electrons. The molecule has 0 aliphatic carbocycles. The van der Waals surface area contributed by atoms with Crippen molar-refractivity contribution in [3.05, 3.63) is 59.7 Å². The molecule has 8 heteroatoms. The highest BCUT2D eigenvalue weighted by atomic mass is 19.4. The summed E-state index contributed by atoms with van der Waals surface area (Å²) >= 11 is 0. The minimum atomic E-state index is -4.67. The van der Waals surface area contributed by atoms with E-state index >= 15 is 0 Å². The standard InChI is InChI=1S/C26H29F3N2O3/c1-2-3-4-5-6-7-8-17-22(32)23-18-13-9-12-16-21(18)31(24(23)33)25(34)30-20-15-11-10-14-19(20)26(27,28)29/h9-16,23H,2-8,17H2,1H3,(H,30,34). The quantitative estimate of drug-likeness (QED) is 0.296. The van der Waals surface area contributed by atoms with E-state index in [9.17, 15) is 27.6 Å². The number of rotatable bonds is 10.